The second-order valence-corrected chi connectivity index (χ2v) is 5.42. The molecule has 2 rings (SSSR count). The van der Waals surface area contributed by atoms with Gasteiger partial charge in [-0.25, -0.2) is 0 Å². The maximum Gasteiger partial charge on any atom is 0.222 e. The first-order chi connectivity index (χ1) is 10.1. The summed E-state index contributed by atoms with van der Waals surface area (Å²) in [6, 6.07) is 5.81. The summed E-state index contributed by atoms with van der Waals surface area (Å²) in [6.07, 6.45) is 3.88. The van der Waals surface area contributed by atoms with Crippen molar-refractivity contribution in [3.63, 3.8) is 0 Å². The molecule has 0 heterocycles. The Balaban J connectivity index is 1.97. The first-order valence-corrected chi connectivity index (χ1v) is 7.29. The molecule has 0 unspecified atom stereocenters. The Hall–Kier alpha value is -2.04. The molecule has 1 aromatic carbocycles. The number of hydrogen-bond donors (Lipinski definition) is 1. The molecule has 0 spiro atoms. The van der Waals surface area contributed by atoms with Crippen LogP contribution < -0.4 is 4.74 Å². The minimum Gasteiger partial charge on any atom is -0.493 e. The van der Waals surface area contributed by atoms with E-state index in [4.69, 9.17) is 9.94 Å². The minimum atomic E-state index is 0.114. The third kappa shape index (κ3) is 3.74. The van der Waals surface area contributed by atoms with Crippen molar-refractivity contribution in [3.05, 3.63) is 29.3 Å². The molecule has 0 radical (unpaired) electrons. The van der Waals surface area contributed by atoms with Crippen molar-refractivity contribution >= 4 is 11.6 Å². The van der Waals surface area contributed by atoms with Crippen LogP contribution in [0, 0.1) is 0 Å². The lowest BCUT2D eigenvalue weighted by Gasteiger charge is -2.20. The van der Waals surface area contributed by atoms with Crippen LogP contribution in [0.4, 0.5) is 0 Å². The second kappa shape index (κ2) is 7.11. The van der Waals surface area contributed by atoms with Crippen LogP contribution in [0.5, 0.6) is 5.75 Å². The van der Waals surface area contributed by atoms with Gasteiger partial charge in [0.2, 0.25) is 5.91 Å². The van der Waals surface area contributed by atoms with Gasteiger partial charge in [0.1, 0.15) is 5.75 Å². The van der Waals surface area contributed by atoms with E-state index in [0.717, 1.165) is 41.9 Å². The average molecular weight is 290 g/mol. The van der Waals surface area contributed by atoms with Crippen LogP contribution in [-0.2, 0) is 11.2 Å². The molecule has 1 aromatic rings. The van der Waals surface area contributed by atoms with Crippen molar-refractivity contribution in [2.75, 3.05) is 20.7 Å². The molecular weight excluding hydrogens is 268 g/mol. The first-order valence-electron chi connectivity index (χ1n) is 7.29. The van der Waals surface area contributed by atoms with E-state index in [2.05, 4.69) is 5.16 Å². The Morgan fingerprint density at radius 1 is 1.38 bits per heavy atom. The lowest BCUT2D eigenvalue weighted by Crippen LogP contribution is -2.21. The lowest BCUT2D eigenvalue weighted by atomic mass is 9.89. The molecule has 21 heavy (non-hydrogen) atoms. The van der Waals surface area contributed by atoms with Crippen LogP contribution in [0.1, 0.15) is 36.8 Å². The molecule has 1 amide bonds. The molecule has 114 valence electrons. The van der Waals surface area contributed by atoms with Gasteiger partial charge in [-0.1, -0.05) is 17.3 Å². The zero-order valence-electron chi connectivity index (χ0n) is 12.6. The van der Waals surface area contributed by atoms with Crippen LogP contribution in [0.2, 0.25) is 0 Å². The summed E-state index contributed by atoms with van der Waals surface area (Å²) in [4.78, 5) is 13.1. The first kappa shape index (κ1) is 15.4. The van der Waals surface area contributed by atoms with Crippen molar-refractivity contribution in [1.82, 2.24) is 4.90 Å². The Morgan fingerprint density at radius 3 is 2.90 bits per heavy atom. The maximum atomic E-state index is 11.5. The van der Waals surface area contributed by atoms with Crippen molar-refractivity contribution in [1.29, 1.82) is 0 Å². The number of fused-ring (bicyclic) bond motifs is 1. The fourth-order valence-electron chi connectivity index (χ4n) is 2.53. The highest BCUT2D eigenvalue weighted by Gasteiger charge is 2.19. The average Bonchev–Trinajstić information content (AvgIpc) is 2.50. The molecule has 0 atom stereocenters. The van der Waals surface area contributed by atoms with Gasteiger partial charge in [-0.05, 0) is 31.7 Å². The third-order valence-corrected chi connectivity index (χ3v) is 3.70. The molecule has 0 aliphatic heterocycles. The van der Waals surface area contributed by atoms with Crippen LogP contribution in [0.3, 0.4) is 0 Å². The fourth-order valence-corrected chi connectivity index (χ4v) is 2.53. The number of carbonyl (C=O) groups is 1. The van der Waals surface area contributed by atoms with Gasteiger partial charge < -0.3 is 14.8 Å². The van der Waals surface area contributed by atoms with E-state index in [1.807, 2.05) is 18.2 Å². The summed E-state index contributed by atoms with van der Waals surface area (Å²) in [5.41, 5.74) is 2.81. The Bertz CT molecular complexity index is 538. The van der Waals surface area contributed by atoms with Crippen molar-refractivity contribution in [3.8, 4) is 5.75 Å². The maximum absolute atomic E-state index is 11.5. The van der Waals surface area contributed by atoms with Crippen LogP contribution in [0.25, 0.3) is 0 Å². The molecule has 0 saturated carbocycles. The normalized spacial score (nSPS) is 15.6. The van der Waals surface area contributed by atoms with Gasteiger partial charge in [0.15, 0.2) is 0 Å². The largest absolute Gasteiger partial charge is 0.493 e. The van der Waals surface area contributed by atoms with E-state index in [9.17, 15) is 4.79 Å². The Labute approximate surface area is 125 Å². The zero-order valence-corrected chi connectivity index (χ0v) is 12.6. The van der Waals surface area contributed by atoms with Crippen LogP contribution in [-0.4, -0.2) is 42.4 Å². The van der Waals surface area contributed by atoms with E-state index >= 15 is 0 Å². The number of rotatable bonds is 5. The van der Waals surface area contributed by atoms with Gasteiger partial charge in [-0.3, -0.25) is 4.79 Å². The quantitative estimate of drug-likeness (QED) is 0.515. The van der Waals surface area contributed by atoms with Gasteiger partial charge in [0.25, 0.3) is 0 Å². The molecule has 0 aromatic heterocycles. The fraction of sp³-hybridized carbons (Fsp3) is 0.500. The Kier molecular flexibility index (Phi) is 5.20. The number of carbonyl (C=O) groups excluding carboxylic acids is 1. The number of nitrogens with zero attached hydrogens (tertiary/aromatic N) is 2. The molecule has 5 nitrogen and oxygen atoms in total. The van der Waals surface area contributed by atoms with E-state index in [1.165, 1.54) is 0 Å². The van der Waals surface area contributed by atoms with E-state index in [1.54, 1.807) is 19.0 Å². The van der Waals surface area contributed by atoms with Crippen molar-refractivity contribution in [2.45, 2.75) is 32.1 Å². The van der Waals surface area contributed by atoms with Crippen LogP contribution in [0.15, 0.2) is 23.4 Å². The number of amides is 1. The molecule has 0 fully saturated rings. The molecule has 0 saturated heterocycles. The highest BCUT2D eigenvalue weighted by atomic mass is 16.5. The molecule has 0 bridgehead atoms. The summed E-state index contributed by atoms with van der Waals surface area (Å²) in [6.45, 7) is 0.516. The van der Waals surface area contributed by atoms with Crippen molar-refractivity contribution in [2.24, 2.45) is 5.16 Å². The van der Waals surface area contributed by atoms with E-state index in [-0.39, 0.29) is 5.91 Å². The topological polar surface area (TPSA) is 62.1 Å². The van der Waals surface area contributed by atoms with Gasteiger partial charge in [-0.2, -0.15) is 0 Å². The molecule has 1 aliphatic carbocycles. The van der Waals surface area contributed by atoms with E-state index < -0.39 is 0 Å². The number of ether oxygens (including phenoxy) is 1. The summed E-state index contributed by atoms with van der Waals surface area (Å²) in [7, 11) is 3.51. The second-order valence-electron chi connectivity index (χ2n) is 5.42. The van der Waals surface area contributed by atoms with Crippen molar-refractivity contribution < 1.29 is 14.7 Å². The van der Waals surface area contributed by atoms with Gasteiger partial charge in [0, 0.05) is 31.6 Å². The van der Waals surface area contributed by atoms with Gasteiger partial charge >= 0.3 is 0 Å². The summed E-state index contributed by atoms with van der Waals surface area (Å²) in [5, 5.41) is 12.4. The number of hydrogen-bond acceptors (Lipinski definition) is 4. The SMILES string of the molecule is CN(C)C(=O)CCCOc1cccc2c1CCCC2=NO. The zero-order chi connectivity index (χ0) is 15.2. The van der Waals surface area contributed by atoms with E-state index in [0.29, 0.717) is 19.4 Å². The Morgan fingerprint density at radius 2 is 2.19 bits per heavy atom. The van der Waals surface area contributed by atoms with Gasteiger partial charge in [-0.15, -0.1) is 0 Å². The smallest absolute Gasteiger partial charge is 0.222 e. The molecule has 5 heteroatoms. The summed E-state index contributed by atoms with van der Waals surface area (Å²) >= 11 is 0. The summed E-state index contributed by atoms with van der Waals surface area (Å²) < 4.78 is 5.82. The standard InChI is InChI=1S/C16H22N2O3/c1-18(2)16(19)10-5-11-21-15-9-4-6-12-13(15)7-3-8-14(12)17-20/h4,6,9,20H,3,5,7-8,10-11H2,1-2H3. The summed E-state index contributed by atoms with van der Waals surface area (Å²) in [5.74, 6) is 0.953. The molecule has 1 aliphatic rings. The highest BCUT2D eigenvalue weighted by Crippen LogP contribution is 2.30. The number of oxime groups is 1. The predicted octanol–water partition coefficient (Wildman–Crippen LogP) is 2.45. The predicted molar refractivity (Wildman–Crippen MR) is 81.1 cm³/mol. The highest BCUT2D eigenvalue weighted by molar-refractivity contribution is 6.02. The molecular formula is C16H22N2O3. The lowest BCUT2D eigenvalue weighted by molar-refractivity contribution is -0.128. The van der Waals surface area contributed by atoms with Gasteiger partial charge in [0.05, 0.1) is 12.3 Å². The molecule has 1 N–H and O–H groups in total. The minimum absolute atomic E-state index is 0.114. The monoisotopic (exact) mass is 290 g/mol. The van der Waals surface area contributed by atoms with Crippen LogP contribution >= 0.6 is 0 Å². The number of benzene rings is 1. The third-order valence-electron chi connectivity index (χ3n) is 3.70.